The van der Waals surface area contributed by atoms with E-state index in [0.717, 1.165) is 30.5 Å². The number of fused-ring (bicyclic) bond motifs is 1. The van der Waals surface area contributed by atoms with Gasteiger partial charge in [0, 0.05) is 36.6 Å². The molecule has 1 unspecified atom stereocenters. The van der Waals surface area contributed by atoms with Crippen molar-refractivity contribution >= 4 is 16.9 Å². The molecule has 5 heteroatoms. The first-order valence-corrected chi connectivity index (χ1v) is 8.81. The van der Waals surface area contributed by atoms with Gasteiger partial charge in [-0.15, -0.1) is 0 Å². The van der Waals surface area contributed by atoms with Crippen LogP contribution in [0, 0.1) is 0 Å². The fourth-order valence-electron chi connectivity index (χ4n) is 3.56. The summed E-state index contributed by atoms with van der Waals surface area (Å²) in [6, 6.07) is 12.6. The zero-order chi connectivity index (χ0) is 17.4. The molecule has 0 saturated carbocycles. The molecule has 0 N–H and O–H groups in total. The summed E-state index contributed by atoms with van der Waals surface area (Å²) in [6.45, 7) is 5.70. The van der Waals surface area contributed by atoms with E-state index in [9.17, 15) is 4.79 Å². The highest BCUT2D eigenvalue weighted by molar-refractivity contribution is 5.97. The number of likely N-dealkylation sites (tertiary alicyclic amines) is 1. The Hall–Kier alpha value is -2.69. The van der Waals surface area contributed by atoms with Crippen LogP contribution in [0.2, 0.25) is 0 Å². The minimum atomic E-state index is 0.0603. The van der Waals surface area contributed by atoms with E-state index < -0.39 is 0 Å². The molecular weight excluding hydrogens is 312 g/mol. The van der Waals surface area contributed by atoms with E-state index in [-0.39, 0.29) is 11.9 Å². The summed E-state index contributed by atoms with van der Waals surface area (Å²) in [7, 11) is 0. The van der Waals surface area contributed by atoms with Crippen LogP contribution in [0.15, 0.2) is 48.8 Å². The molecule has 1 aliphatic rings. The fourth-order valence-corrected chi connectivity index (χ4v) is 3.56. The first-order valence-electron chi connectivity index (χ1n) is 8.81. The van der Waals surface area contributed by atoms with Crippen molar-refractivity contribution in [2.45, 2.75) is 32.2 Å². The summed E-state index contributed by atoms with van der Waals surface area (Å²) in [4.78, 5) is 19.3. The molecule has 3 heterocycles. The number of amides is 1. The van der Waals surface area contributed by atoms with Crippen LogP contribution in [0.3, 0.4) is 0 Å². The van der Waals surface area contributed by atoms with Crippen LogP contribution in [-0.4, -0.2) is 38.7 Å². The van der Waals surface area contributed by atoms with Gasteiger partial charge in [-0.2, -0.15) is 5.10 Å². The Morgan fingerprint density at radius 2 is 2.00 bits per heavy atom. The Morgan fingerprint density at radius 1 is 1.20 bits per heavy atom. The highest BCUT2D eigenvalue weighted by atomic mass is 16.2. The van der Waals surface area contributed by atoms with Crippen LogP contribution in [-0.2, 0) is 0 Å². The van der Waals surface area contributed by atoms with Gasteiger partial charge in [0.25, 0.3) is 5.91 Å². The van der Waals surface area contributed by atoms with E-state index in [0.29, 0.717) is 11.5 Å². The molecule has 128 valence electrons. The summed E-state index contributed by atoms with van der Waals surface area (Å²) < 4.78 is 1.88. The van der Waals surface area contributed by atoms with Gasteiger partial charge in [0.15, 0.2) is 5.65 Å². The Bertz CT molecular complexity index is 900. The molecule has 1 aliphatic heterocycles. The maximum Gasteiger partial charge on any atom is 0.255 e. The first-order chi connectivity index (χ1) is 12.1. The Balaban J connectivity index is 1.54. The lowest BCUT2D eigenvalue weighted by atomic mass is 9.99. The van der Waals surface area contributed by atoms with Crippen LogP contribution in [0.5, 0.6) is 0 Å². The predicted molar refractivity (Wildman–Crippen MR) is 97.6 cm³/mol. The minimum absolute atomic E-state index is 0.0603. The van der Waals surface area contributed by atoms with Crippen molar-refractivity contribution in [3.63, 3.8) is 0 Å². The van der Waals surface area contributed by atoms with Gasteiger partial charge < -0.3 is 4.90 Å². The minimum Gasteiger partial charge on any atom is -0.338 e. The molecule has 3 aromatic rings. The van der Waals surface area contributed by atoms with Gasteiger partial charge in [-0.3, -0.25) is 4.79 Å². The van der Waals surface area contributed by atoms with E-state index in [1.54, 1.807) is 12.4 Å². The largest absolute Gasteiger partial charge is 0.338 e. The molecule has 1 fully saturated rings. The maximum absolute atomic E-state index is 12.9. The highest BCUT2D eigenvalue weighted by Gasteiger charge is 2.28. The molecule has 0 spiro atoms. The van der Waals surface area contributed by atoms with Gasteiger partial charge in [-0.1, -0.05) is 30.3 Å². The quantitative estimate of drug-likeness (QED) is 0.735. The fraction of sp³-hybridized carbons (Fsp3) is 0.350. The molecule has 4 rings (SSSR count). The van der Waals surface area contributed by atoms with Gasteiger partial charge in [-0.25, -0.2) is 9.67 Å². The highest BCUT2D eigenvalue weighted by Crippen LogP contribution is 2.28. The maximum atomic E-state index is 12.9. The SMILES string of the molecule is CC(C)n1ncc2cc(C(=O)N3CCC(c4ccccc4)C3)cnc21. The van der Waals surface area contributed by atoms with Crippen LogP contribution < -0.4 is 0 Å². The Morgan fingerprint density at radius 3 is 2.76 bits per heavy atom. The van der Waals surface area contributed by atoms with Crippen molar-refractivity contribution in [2.75, 3.05) is 13.1 Å². The lowest BCUT2D eigenvalue weighted by Crippen LogP contribution is -2.28. The number of aromatic nitrogens is 3. The van der Waals surface area contributed by atoms with E-state index in [1.807, 2.05) is 21.7 Å². The number of carbonyl (C=O) groups is 1. The topological polar surface area (TPSA) is 51.0 Å². The molecule has 0 radical (unpaired) electrons. The van der Waals surface area contributed by atoms with E-state index in [4.69, 9.17) is 0 Å². The summed E-state index contributed by atoms with van der Waals surface area (Å²) >= 11 is 0. The van der Waals surface area contributed by atoms with E-state index >= 15 is 0 Å². The smallest absolute Gasteiger partial charge is 0.255 e. The van der Waals surface area contributed by atoms with Gasteiger partial charge >= 0.3 is 0 Å². The molecule has 1 atom stereocenters. The van der Waals surface area contributed by atoms with Crippen molar-refractivity contribution in [1.82, 2.24) is 19.7 Å². The Kier molecular flexibility index (Phi) is 3.99. The summed E-state index contributed by atoms with van der Waals surface area (Å²) in [6.07, 6.45) is 4.48. The third kappa shape index (κ3) is 2.90. The van der Waals surface area contributed by atoms with Crippen LogP contribution in [0.1, 0.15) is 48.1 Å². The zero-order valence-electron chi connectivity index (χ0n) is 14.6. The van der Waals surface area contributed by atoms with E-state index in [2.05, 4.69) is 48.2 Å². The van der Waals surface area contributed by atoms with Crippen molar-refractivity contribution < 1.29 is 4.79 Å². The number of benzene rings is 1. The molecule has 2 aromatic heterocycles. The molecule has 1 aromatic carbocycles. The molecule has 25 heavy (non-hydrogen) atoms. The molecule has 0 bridgehead atoms. The monoisotopic (exact) mass is 334 g/mol. The molecule has 1 saturated heterocycles. The second kappa shape index (κ2) is 6.31. The summed E-state index contributed by atoms with van der Waals surface area (Å²) in [5, 5.41) is 5.29. The zero-order valence-corrected chi connectivity index (χ0v) is 14.6. The average Bonchev–Trinajstić information content (AvgIpc) is 3.28. The summed E-state index contributed by atoms with van der Waals surface area (Å²) in [5.41, 5.74) is 2.78. The van der Waals surface area contributed by atoms with Crippen LogP contribution in [0.4, 0.5) is 0 Å². The van der Waals surface area contributed by atoms with Crippen molar-refractivity contribution in [2.24, 2.45) is 0 Å². The van der Waals surface area contributed by atoms with Crippen molar-refractivity contribution in [3.8, 4) is 0 Å². The number of nitrogens with zero attached hydrogens (tertiary/aromatic N) is 4. The standard InChI is InChI=1S/C20H22N4O/c1-14(2)24-19-17(12-22-24)10-18(11-21-19)20(25)23-9-8-16(13-23)15-6-4-3-5-7-15/h3-7,10-12,14,16H,8-9,13H2,1-2H3. The number of rotatable bonds is 3. The third-order valence-corrected chi connectivity index (χ3v) is 4.92. The van der Waals surface area contributed by atoms with Gasteiger partial charge in [0.1, 0.15) is 0 Å². The van der Waals surface area contributed by atoms with Crippen LogP contribution in [0.25, 0.3) is 11.0 Å². The molecule has 1 amide bonds. The molecule has 0 aliphatic carbocycles. The lowest BCUT2D eigenvalue weighted by molar-refractivity contribution is 0.0790. The third-order valence-electron chi connectivity index (χ3n) is 4.92. The second-order valence-corrected chi connectivity index (χ2v) is 6.97. The lowest BCUT2D eigenvalue weighted by Gasteiger charge is -2.17. The van der Waals surface area contributed by atoms with Crippen molar-refractivity contribution in [3.05, 3.63) is 59.9 Å². The van der Waals surface area contributed by atoms with Crippen LogP contribution >= 0.6 is 0 Å². The van der Waals surface area contributed by atoms with Gasteiger partial charge in [0.2, 0.25) is 0 Å². The summed E-state index contributed by atoms with van der Waals surface area (Å²) in [5.74, 6) is 0.482. The Labute approximate surface area is 147 Å². The number of hydrogen-bond acceptors (Lipinski definition) is 3. The molecular formula is C20H22N4O. The normalized spacial score (nSPS) is 17.6. The van der Waals surface area contributed by atoms with E-state index in [1.165, 1.54) is 5.56 Å². The number of pyridine rings is 1. The van der Waals surface area contributed by atoms with Gasteiger partial charge in [0.05, 0.1) is 11.8 Å². The molecule has 5 nitrogen and oxygen atoms in total. The van der Waals surface area contributed by atoms with Gasteiger partial charge in [-0.05, 0) is 31.9 Å². The predicted octanol–water partition coefficient (Wildman–Crippen LogP) is 3.64. The number of hydrogen-bond donors (Lipinski definition) is 0. The second-order valence-electron chi connectivity index (χ2n) is 6.97. The van der Waals surface area contributed by atoms with Crippen molar-refractivity contribution in [1.29, 1.82) is 0 Å². The first kappa shape index (κ1) is 15.8. The number of carbonyl (C=O) groups excluding carboxylic acids is 1. The average molecular weight is 334 g/mol.